The number of likely N-dealkylation sites (N-methyl/N-ethyl adjacent to an activating group) is 1. The highest BCUT2D eigenvalue weighted by Crippen LogP contribution is 2.33. The summed E-state index contributed by atoms with van der Waals surface area (Å²) in [6.07, 6.45) is 0. The summed E-state index contributed by atoms with van der Waals surface area (Å²) in [5.41, 5.74) is 0.910. The molecule has 0 aromatic heterocycles. The minimum absolute atomic E-state index is 0.00767. The van der Waals surface area contributed by atoms with Gasteiger partial charge in [0, 0.05) is 21.1 Å². The van der Waals surface area contributed by atoms with Crippen LogP contribution in [0.1, 0.15) is 0 Å². The number of hydrogen-bond donors (Lipinski definition) is 1. The van der Waals surface area contributed by atoms with Gasteiger partial charge in [0.2, 0.25) is 0 Å². The van der Waals surface area contributed by atoms with Gasteiger partial charge in [-0.3, -0.25) is 9.52 Å². The Morgan fingerprint density at radius 3 is 2.68 bits per heavy atom. The first-order chi connectivity index (χ1) is 8.81. The van der Waals surface area contributed by atoms with E-state index in [0.717, 1.165) is 4.31 Å². The predicted molar refractivity (Wildman–Crippen MR) is 71.6 cm³/mol. The number of nitrogens with zero attached hydrogens (tertiary/aromatic N) is 2. The van der Waals surface area contributed by atoms with Crippen LogP contribution in [0.5, 0.6) is 5.75 Å². The summed E-state index contributed by atoms with van der Waals surface area (Å²) in [7, 11) is 0.909. The summed E-state index contributed by atoms with van der Waals surface area (Å²) in [4.78, 5) is 13.0. The van der Waals surface area contributed by atoms with Crippen LogP contribution in [0, 0.1) is 0 Å². The van der Waals surface area contributed by atoms with Gasteiger partial charge in [0.15, 0.2) is 6.61 Å². The van der Waals surface area contributed by atoms with E-state index in [-0.39, 0.29) is 12.5 Å². The number of ether oxygens (including phenoxy) is 1. The normalized spacial score (nSPS) is 15.2. The first-order valence-corrected chi connectivity index (χ1v) is 6.99. The number of benzene rings is 1. The monoisotopic (exact) mass is 285 g/mol. The van der Waals surface area contributed by atoms with Crippen molar-refractivity contribution in [3.8, 4) is 5.75 Å². The van der Waals surface area contributed by atoms with Gasteiger partial charge in [-0.15, -0.1) is 0 Å². The van der Waals surface area contributed by atoms with E-state index in [0.29, 0.717) is 17.1 Å². The van der Waals surface area contributed by atoms with Crippen LogP contribution in [0.4, 0.5) is 11.4 Å². The Labute approximate surface area is 111 Å². The fraction of sp³-hybridized carbons (Fsp3) is 0.364. The second-order valence-corrected chi connectivity index (χ2v) is 6.20. The first kappa shape index (κ1) is 13.6. The number of nitrogens with one attached hydrogen (secondary N) is 1. The summed E-state index contributed by atoms with van der Waals surface area (Å²) >= 11 is 0. The number of rotatable bonds is 3. The van der Waals surface area contributed by atoms with E-state index in [4.69, 9.17) is 4.74 Å². The Morgan fingerprint density at radius 1 is 1.37 bits per heavy atom. The number of carbonyl (C=O) groups is 1. The molecule has 8 heteroatoms. The minimum atomic E-state index is -3.57. The molecule has 1 heterocycles. The summed E-state index contributed by atoms with van der Waals surface area (Å²) in [5.74, 6) is 0.370. The van der Waals surface area contributed by atoms with Crippen molar-refractivity contribution in [1.29, 1.82) is 0 Å². The van der Waals surface area contributed by atoms with E-state index in [9.17, 15) is 13.2 Å². The quantitative estimate of drug-likeness (QED) is 0.864. The lowest BCUT2D eigenvalue weighted by Gasteiger charge is -2.26. The Hall–Kier alpha value is -1.80. The molecule has 1 aliphatic heterocycles. The molecule has 1 aliphatic rings. The maximum atomic E-state index is 11.7. The second kappa shape index (κ2) is 4.71. The van der Waals surface area contributed by atoms with Gasteiger partial charge in [-0.1, -0.05) is 0 Å². The molecular formula is C11H15N3O4S. The third-order valence-electron chi connectivity index (χ3n) is 2.77. The van der Waals surface area contributed by atoms with Crippen molar-refractivity contribution in [3.63, 3.8) is 0 Å². The van der Waals surface area contributed by atoms with Crippen molar-refractivity contribution < 1.29 is 17.9 Å². The second-order valence-electron chi connectivity index (χ2n) is 4.31. The zero-order chi connectivity index (χ0) is 14.2. The van der Waals surface area contributed by atoms with Crippen molar-refractivity contribution in [1.82, 2.24) is 4.31 Å². The summed E-state index contributed by atoms with van der Waals surface area (Å²) in [6.45, 7) is -0.00767. The van der Waals surface area contributed by atoms with Crippen LogP contribution < -0.4 is 14.4 Å². The van der Waals surface area contributed by atoms with Gasteiger partial charge in [0.05, 0.1) is 11.4 Å². The maximum absolute atomic E-state index is 11.7. The number of fused-ring (bicyclic) bond motifs is 1. The predicted octanol–water partition coefficient (Wildman–Crippen LogP) is 0.260. The number of amides is 1. The lowest BCUT2D eigenvalue weighted by molar-refractivity contribution is -0.120. The van der Waals surface area contributed by atoms with E-state index in [1.165, 1.54) is 19.0 Å². The number of anilines is 2. The SMILES string of the molecule is CN1C(=O)COc2ccc(NS(=O)(=O)N(C)C)cc21. The third kappa shape index (κ3) is 2.64. The molecule has 0 saturated carbocycles. The fourth-order valence-electron chi connectivity index (χ4n) is 1.58. The average molecular weight is 285 g/mol. The molecule has 0 aliphatic carbocycles. The highest BCUT2D eigenvalue weighted by molar-refractivity contribution is 7.90. The zero-order valence-electron chi connectivity index (χ0n) is 10.9. The summed E-state index contributed by atoms with van der Waals surface area (Å²) in [5, 5.41) is 0. The van der Waals surface area contributed by atoms with Crippen molar-refractivity contribution in [2.24, 2.45) is 0 Å². The van der Waals surface area contributed by atoms with Gasteiger partial charge in [-0.2, -0.15) is 12.7 Å². The Bertz CT molecular complexity index is 612. The molecular weight excluding hydrogens is 270 g/mol. The lowest BCUT2D eigenvalue weighted by atomic mass is 10.2. The molecule has 7 nitrogen and oxygen atoms in total. The van der Waals surface area contributed by atoms with E-state index >= 15 is 0 Å². The number of carbonyl (C=O) groups excluding carboxylic acids is 1. The van der Waals surface area contributed by atoms with Crippen molar-refractivity contribution in [2.75, 3.05) is 37.4 Å². The van der Waals surface area contributed by atoms with E-state index in [1.807, 2.05) is 0 Å². The van der Waals surface area contributed by atoms with Gasteiger partial charge < -0.3 is 9.64 Å². The maximum Gasteiger partial charge on any atom is 0.301 e. The van der Waals surface area contributed by atoms with Crippen molar-refractivity contribution in [3.05, 3.63) is 18.2 Å². The molecule has 0 saturated heterocycles. The summed E-state index contributed by atoms with van der Waals surface area (Å²) in [6, 6.07) is 4.78. The molecule has 2 rings (SSSR count). The largest absolute Gasteiger partial charge is 0.482 e. The van der Waals surface area contributed by atoms with Crippen LogP contribution >= 0.6 is 0 Å². The summed E-state index contributed by atoms with van der Waals surface area (Å²) < 4.78 is 32.2. The molecule has 1 amide bonds. The van der Waals surface area contributed by atoms with Crippen molar-refractivity contribution >= 4 is 27.5 Å². The highest BCUT2D eigenvalue weighted by atomic mass is 32.2. The molecule has 0 unspecified atom stereocenters. The van der Waals surface area contributed by atoms with Crippen LogP contribution in [-0.4, -0.2) is 46.4 Å². The Morgan fingerprint density at radius 2 is 2.05 bits per heavy atom. The standard InChI is InChI=1S/C11H15N3O4S/c1-13(2)19(16,17)12-8-4-5-10-9(6-8)14(3)11(15)7-18-10/h4-6,12H,7H2,1-3H3. The molecule has 1 N–H and O–H groups in total. The smallest absolute Gasteiger partial charge is 0.301 e. The van der Waals surface area contributed by atoms with Gasteiger partial charge in [0.25, 0.3) is 5.91 Å². The molecule has 104 valence electrons. The van der Waals surface area contributed by atoms with Crippen molar-refractivity contribution in [2.45, 2.75) is 0 Å². The molecule has 19 heavy (non-hydrogen) atoms. The Balaban J connectivity index is 2.34. The molecule has 1 aromatic rings. The fourth-order valence-corrected chi connectivity index (χ4v) is 2.18. The number of hydrogen-bond acceptors (Lipinski definition) is 4. The molecule has 0 fully saturated rings. The van der Waals surface area contributed by atoms with Crippen LogP contribution in [0.25, 0.3) is 0 Å². The van der Waals surface area contributed by atoms with Gasteiger partial charge in [0.1, 0.15) is 5.75 Å². The topological polar surface area (TPSA) is 79.0 Å². The lowest BCUT2D eigenvalue weighted by Crippen LogP contribution is -2.35. The van der Waals surface area contributed by atoms with Crippen LogP contribution in [0.3, 0.4) is 0 Å². The first-order valence-electron chi connectivity index (χ1n) is 5.55. The minimum Gasteiger partial charge on any atom is -0.482 e. The van der Waals surface area contributed by atoms with Crippen LogP contribution in [0.2, 0.25) is 0 Å². The van der Waals surface area contributed by atoms with Gasteiger partial charge >= 0.3 is 10.2 Å². The highest BCUT2D eigenvalue weighted by Gasteiger charge is 2.23. The van der Waals surface area contributed by atoms with E-state index in [2.05, 4.69) is 4.72 Å². The van der Waals surface area contributed by atoms with E-state index in [1.54, 1.807) is 25.2 Å². The molecule has 0 radical (unpaired) electrons. The van der Waals surface area contributed by atoms with Crippen LogP contribution in [-0.2, 0) is 15.0 Å². The molecule has 0 bridgehead atoms. The van der Waals surface area contributed by atoms with Gasteiger partial charge in [-0.25, -0.2) is 0 Å². The van der Waals surface area contributed by atoms with Gasteiger partial charge in [-0.05, 0) is 18.2 Å². The van der Waals surface area contributed by atoms with Crippen LogP contribution in [0.15, 0.2) is 18.2 Å². The molecule has 0 atom stereocenters. The zero-order valence-corrected chi connectivity index (χ0v) is 11.7. The third-order valence-corrected chi connectivity index (χ3v) is 4.23. The molecule has 0 spiro atoms. The van der Waals surface area contributed by atoms with E-state index < -0.39 is 10.2 Å². The Kier molecular flexibility index (Phi) is 3.38. The average Bonchev–Trinajstić information content (AvgIpc) is 2.34. The molecule has 1 aromatic carbocycles.